The van der Waals surface area contributed by atoms with E-state index in [2.05, 4.69) is 10.6 Å². The summed E-state index contributed by atoms with van der Waals surface area (Å²) in [6.07, 6.45) is 2.64. The van der Waals surface area contributed by atoms with Crippen molar-refractivity contribution >= 4 is 11.6 Å². The summed E-state index contributed by atoms with van der Waals surface area (Å²) in [6.45, 7) is 4.58. The van der Waals surface area contributed by atoms with Crippen LogP contribution in [-0.2, 0) is 4.79 Å². The maximum Gasteiger partial charge on any atom is 0.244 e. The van der Waals surface area contributed by atoms with Crippen LogP contribution in [0.2, 0.25) is 0 Å². The number of amides is 1. The molecule has 1 aromatic rings. The molecule has 1 aromatic carbocycles. The summed E-state index contributed by atoms with van der Waals surface area (Å²) in [6, 6.07) is 4.63. The molecule has 2 rings (SSSR count). The Hall–Kier alpha value is -1.42. The highest BCUT2D eigenvalue weighted by Crippen LogP contribution is 2.25. The van der Waals surface area contributed by atoms with Crippen molar-refractivity contribution in [2.75, 3.05) is 11.9 Å². The quantitative estimate of drug-likeness (QED) is 0.865. The number of hydrogen-bond donors (Lipinski definition) is 2. The van der Waals surface area contributed by atoms with Crippen LogP contribution in [-0.4, -0.2) is 18.0 Å². The third-order valence-electron chi connectivity index (χ3n) is 3.70. The van der Waals surface area contributed by atoms with Crippen LogP contribution in [0.3, 0.4) is 0 Å². The van der Waals surface area contributed by atoms with E-state index in [-0.39, 0.29) is 11.7 Å². The summed E-state index contributed by atoms with van der Waals surface area (Å²) in [5.41, 5.74) is 0.737. The fourth-order valence-electron chi connectivity index (χ4n) is 2.44. The Morgan fingerprint density at radius 1 is 1.56 bits per heavy atom. The molecular weight excluding hydrogens is 231 g/mol. The van der Waals surface area contributed by atoms with E-state index < -0.39 is 5.54 Å². The van der Waals surface area contributed by atoms with Crippen LogP contribution in [0, 0.1) is 12.7 Å². The first kappa shape index (κ1) is 13.0. The van der Waals surface area contributed by atoms with Gasteiger partial charge in [0.1, 0.15) is 5.82 Å². The van der Waals surface area contributed by atoms with Gasteiger partial charge < -0.3 is 10.6 Å². The standard InChI is InChI=1S/C14H19FN2O/c1-3-14(7-4-8-16-14)13(18)17-11-5-6-12(15)10(2)9-11/h5-6,9,16H,3-4,7-8H2,1-2H3,(H,17,18). The normalized spacial score (nSPS) is 23.1. The van der Waals surface area contributed by atoms with Crippen molar-refractivity contribution in [1.29, 1.82) is 0 Å². The summed E-state index contributed by atoms with van der Waals surface area (Å²) in [5.74, 6) is -0.272. The van der Waals surface area contributed by atoms with Gasteiger partial charge in [0.05, 0.1) is 5.54 Å². The van der Waals surface area contributed by atoms with Gasteiger partial charge in [-0.3, -0.25) is 4.79 Å². The first-order valence-electron chi connectivity index (χ1n) is 6.40. The fraction of sp³-hybridized carbons (Fsp3) is 0.500. The maximum absolute atomic E-state index is 13.2. The van der Waals surface area contributed by atoms with Crippen molar-refractivity contribution in [2.45, 2.75) is 38.6 Å². The van der Waals surface area contributed by atoms with E-state index in [9.17, 15) is 9.18 Å². The second-order valence-corrected chi connectivity index (χ2v) is 4.88. The summed E-state index contributed by atoms with van der Waals surface area (Å²) >= 11 is 0. The third-order valence-corrected chi connectivity index (χ3v) is 3.70. The average molecular weight is 250 g/mol. The van der Waals surface area contributed by atoms with E-state index in [1.54, 1.807) is 19.1 Å². The first-order valence-corrected chi connectivity index (χ1v) is 6.40. The molecule has 1 atom stereocenters. The van der Waals surface area contributed by atoms with E-state index in [1.165, 1.54) is 6.07 Å². The van der Waals surface area contributed by atoms with Crippen LogP contribution >= 0.6 is 0 Å². The number of carbonyl (C=O) groups excluding carboxylic acids is 1. The van der Waals surface area contributed by atoms with Gasteiger partial charge in [-0.05, 0) is 56.5 Å². The molecule has 1 saturated heterocycles. The Morgan fingerprint density at radius 3 is 2.89 bits per heavy atom. The second-order valence-electron chi connectivity index (χ2n) is 4.88. The van der Waals surface area contributed by atoms with Gasteiger partial charge in [0, 0.05) is 5.69 Å². The van der Waals surface area contributed by atoms with Crippen molar-refractivity contribution in [3.8, 4) is 0 Å². The second kappa shape index (κ2) is 5.06. The number of nitrogens with one attached hydrogen (secondary N) is 2. The van der Waals surface area contributed by atoms with E-state index in [0.29, 0.717) is 11.3 Å². The number of anilines is 1. The first-order chi connectivity index (χ1) is 8.57. The molecule has 4 heteroatoms. The van der Waals surface area contributed by atoms with Gasteiger partial charge in [-0.1, -0.05) is 6.92 Å². The van der Waals surface area contributed by atoms with E-state index in [0.717, 1.165) is 25.8 Å². The zero-order valence-corrected chi connectivity index (χ0v) is 10.8. The van der Waals surface area contributed by atoms with Gasteiger partial charge in [0.15, 0.2) is 0 Å². The highest BCUT2D eigenvalue weighted by molar-refractivity contribution is 5.98. The molecule has 1 aliphatic heterocycles. The number of halogens is 1. The number of carbonyl (C=O) groups is 1. The van der Waals surface area contributed by atoms with E-state index in [1.807, 2.05) is 6.92 Å². The zero-order valence-electron chi connectivity index (χ0n) is 10.8. The van der Waals surface area contributed by atoms with Crippen molar-refractivity contribution in [2.24, 2.45) is 0 Å². The van der Waals surface area contributed by atoms with E-state index >= 15 is 0 Å². The highest BCUT2D eigenvalue weighted by Gasteiger charge is 2.38. The molecule has 3 nitrogen and oxygen atoms in total. The number of aryl methyl sites for hydroxylation is 1. The predicted octanol–water partition coefficient (Wildman–Crippen LogP) is 2.60. The molecule has 1 heterocycles. The molecule has 0 bridgehead atoms. The van der Waals surface area contributed by atoms with Gasteiger partial charge in [0.25, 0.3) is 0 Å². The molecule has 0 saturated carbocycles. The summed E-state index contributed by atoms with van der Waals surface area (Å²) in [5, 5.41) is 6.16. The predicted molar refractivity (Wildman–Crippen MR) is 70.0 cm³/mol. The Balaban J connectivity index is 2.13. The number of hydrogen-bond acceptors (Lipinski definition) is 2. The Bertz CT molecular complexity index is 453. The fourth-order valence-corrected chi connectivity index (χ4v) is 2.44. The number of benzene rings is 1. The summed E-state index contributed by atoms with van der Waals surface area (Å²) < 4.78 is 13.2. The molecule has 0 aliphatic carbocycles. The monoisotopic (exact) mass is 250 g/mol. The van der Waals surface area contributed by atoms with Gasteiger partial charge in [-0.25, -0.2) is 4.39 Å². The lowest BCUT2D eigenvalue weighted by atomic mass is 9.93. The van der Waals surface area contributed by atoms with Gasteiger partial charge >= 0.3 is 0 Å². The minimum absolute atomic E-state index is 0.0199. The molecule has 0 spiro atoms. The van der Waals surface area contributed by atoms with Gasteiger partial charge in [0.2, 0.25) is 5.91 Å². The summed E-state index contributed by atoms with van der Waals surface area (Å²) in [4.78, 5) is 12.3. The van der Waals surface area contributed by atoms with Crippen molar-refractivity contribution in [3.05, 3.63) is 29.6 Å². The van der Waals surface area contributed by atoms with Crippen LogP contribution < -0.4 is 10.6 Å². The number of rotatable bonds is 3. The van der Waals surface area contributed by atoms with Crippen LogP contribution in [0.5, 0.6) is 0 Å². The molecule has 2 N–H and O–H groups in total. The molecule has 1 aliphatic rings. The minimum Gasteiger partial charge on any atom is -0.324 e. The molecule has 0 radical (unpaired) electrons. The topological polar surface area (TPSA) is 41.1 Å². The molecular formula is C14H19FN2O. The van der Waals surface area contributed by atoms with Crippen LogP contribution in [0.15, 0.2) is 18.2 Å². The van der Waals surface area contributed by atoms with Crippen LogP contribution in [0.4, 0.5) is 10.1 Å². The van der Waals surface area contributed by atoms with Gasteiger partial charge in [-0.15, -0.1) is 0 Å². The van der Waals surface area contributed by atoms with Crippen molar-refractivity contribution < 1.29 is 9.18 Å². The Labute approximate surface area is 107 Å². The average Bonchev–Trinajstić information content (AvgIpc) is 2.84. The van der Waals surface area contributed by atoms with Crippen molar-refractivity contribution in [1.82, 2.24) is 5.32 Å². The van der Waals surface area contributed by atoms with E-state index in [4.69, 9.17) is 0 Å². The molecule has 0 aromatic heterocycles. The third kappa shape index (κ3) is 2.38. The molecule has 1 amide bonds. The minimum atomic E-state index is -0.456. The molecule has 18 heavy (non-hydrogen) atoms. The lowest BCUT2D eigenvalue weighted by molar-refractivity contribution is -0.122. The molecule has 1 fully saturated rings. The lowest BCUT2D eigenvalue weighted by Gasteiger charge is -2.26. The van der Waals surface area contributed by atoms with Crippen LogP contribution in [0.1, 0.15) is 31.7 Å². The van der Waals surface area contributed by atoms with Crippen molar-refractivity contribution in [3.63, 3.8) is 0 Å². The van der Waals surface area contributed by atoms with Gasteiger partial charge in [-0.2, -0.15) is 0 Å². The Kier molecular flexibility index (Phi) is 3.66. The highest BCUT2D eigenvalue weighted by atomic mass is 19.1. The molecule has 98 valence electrons. The smallest absolute Gasteiger partial charge is 0.244 e. The van der Waals surface area contributed by atoms with Crippen LogP contribution in [0.25, 0.3) is 0 Å². The lowest BCUT2D eigenvalue weighted by Crippen LogP contribution is -2.50. The maximum atomic E-state index is 13.2. The SMILES string of the molecule is CCC1(C(=O)Nc2ccc(F)c(C)c2)CCCN1. The molecule has 1 unspecified atom stereocenters. The zero-order chi connectivity index (χ0) is 13.2. The Morgan fingerprint density at radius 2 is 2.33 bits per heavy atom. The summed E-state index contributed by atoms with van der Waals surface area (Å²) in [7, 11) is 0. The largest absolute Gasteiger partial charge is 0.324 e.